The standard InChI is InChI=1S/C20H15F3N4O/c1-27(2)12-9-7-11(8-10-12)25-26-18-15(21)16(22)19-20(17(18)23)28-14-6-4-3-5-13(14)24-19/h3-10,25H,1-2H3/b26-18-. The second-order valence-electron chi connectivity index (χ2n) is 6.31. The molecular weight excluding hydrogens is 369 g/mol. The molecule has 0 saturated carbocycles. The Balaban J connectivity index is 1.83. The van der Waals surface area contributed by atoms with Crippen LogP contribution >= 0.6 is 0 Å². The maximum Gasteiger partial charge on any atom is 0.198 e. The average molecular weight is 384 g/mol. The van der Waals surface area contributed by atoms with Gasteiger partial charge in [0.25, 0.3) is 0 Å². The topological polar surface area (TPSA) is 53.7 Å². The van der Waals surface area contributed by atoms with Gasteiger partial charge in [0.05, 0.1) is 5.69 Å². The van der Waals surface area contributed by atoms with E-state index in [2.05, 4.69) is 15.5 Å². The summed E-state index contributed by atoms with van der Waals surface area (Å²) in [6.45, 7) is 0. The number of hydrogen-bond donors (Lipinski definition) is 1. The number of aromatic nitrogens is 1. The van der Waals surface area contributed by atoms with Gasteiger partial charge in [-0.1, -0.05) is 12.1 Å². The lowest BCUT2D eigenvalue weighted by Gasteiger charge is -2.12. The highest BCUT2D eigenvalue weighted by Gasteiger charge is 2.26. The van der Waals surface area contributed by atoms with Crippen LogP contribution < -0.4 is 15.7 Å². The van der Waals surface area contributed by atoms with Gasteiger partial charge in [-0.2, -0.15) is 5.10 Å². The van der Waals surface area contributed by atoms with Crippen LogP contribution in [0.2, 0.25) is 0 Å². The first-order valence-corrected chi connectivity index (χ1v) is 8.39. The molecule has 0 atom stereocenters. The molecule has 142 valence electrons. The van der Waals surface area contributed by atoms with Crippen molar-refractivity contribution in [3.8, 4) is 11.5 Å². The first-order chi connectivity index (χ1) is 13.5. The number of rotatable bonds is 3. The Kier molecular flexibility index (Phi) is 4.38. The van der Waals surface area contributed by atoms with Crippen molar-refractivity contribution in [2.75, 3.05) is 24.4 Å². The summed E-state index contributed by atoms with van der Waals surface area (Å²) in [7, 11) is 3.77. The van der Waals surface area contributed by atoms with E-state index in [0.717, 1.165) is 5.69 Å². The quantitative estimate of drug-likeness (QED) is 0.324. The Morgan fingerprint density at radius 1 is 0.929 bits per heavy atom. The van der Waals surface area contributed by atoms with Gasteiger partial charge in [-0.25, -0.2) is 18.2 Å². The second kappa shape index (κ2) is 6.88. The highest BCUT2D eigenvalue weighted by atomic mass is 19.2. The molecule has 0 bridgehead atoms. The Bertz CT molecular complexity index is 1200. The van der Waals surface area contributed by atoms with Crippen molar-refractivity contribution >= 4 is 22.5 Å². The molecule has 0 amide bonds. The van der Waals surface area contributed by atoms with E-state index in [1.54, 1.807) is 48.5 Å². The fraction of sp³-hybridized carbons (Fsp3) is 0.100. The van der Waals surface area contributed by atoms with Crippen LogP contribution in [0.15, 0.2) is 58.0 Å². The molecule has 1 aliphatic carbocycles. The zero-order valence-corrected chi connectivity index (χ0v) is 15.0. The molecule has 5 nitrogen and oxygen atoms in total. The molecule has 2 aromatic rings. The van der Waals surface area contributed by atoms with Crippen molar-refractivity contribution in [3.05, 3.63) is 71.3 Å². The summed E-state index contributed by atoms with van der Waals surface area (Å²) in [5.41, 5.74) is 3.97. The number of nitrogens with zero attached hydrogens (tertiary/aromatic N) is 3. The molecule has 28 heavy (non-hydrogen) atoms. The second-order valence-corrected chi connectivity index (χ2v) is 6.31. The van der Waals surface area contributed by atoms with Gasteiger partial charge in [0.2, 0.25) is 0 Å². The maximum absolute atomic E-state index is 14.8. The van der Waals surface area contributed by atoms with Gasteiger partial charge in [0.1, 0.15) is 11.2 Å². The third-order valence-electron chi connectivity index (χ3n) is 4.22. The molecule has 0 fully saturated rings. The monoisotopic (exact) mass is 384 g/mol. The lowest BCUT2D eigenvalue weighted by atomic mass is 10.2. The van der Waals surface area contributed by atoms with E-state index in [-0.39, 0.29) is 11.1 Å². The minimum atomic E-state index is -1.44. The van der Waals surface area contributed by atoms with Crippen LogP contribution in [0.3, 0.4) is 0 Å². The van der Waals surface area contributed by atoms with Gasteiger partial charge >= 0.3 is 0 Å². The van der Waals surface area contributed by atoms with Crippen LogP contribution in [0.25, 0.3) is 22.6 Å². The molecule has 1 aliphatic heterocycles. The zero-order chi connectivity index (χ0) is 19.8. The Morgan fingerprint density at radius 3 is 2.36 bits per heavy atom. The number of halogens is 3. The third kappa shape index (κ3) is 3.02. The van der Waals surface area contributed by atoms with Crippen molar-refractivity contribution in [1.82, 2.24) is 4.98 Å². The number of nitrogens with one attached hydrogen (secondary N) is 1. The minimum absolute atomic E-state index is 0.248. The summed E-state index contributed by atoms with van der Waals surface area (Å²) in [6.07, 6.45) is 0. The van der Waals surface area contributed by atoms with E-state index in [0.29, 0.717) is 5.69 Å². The summed E-state index contributed by atoms with van der Waals surface area (Å²) in [4.78, 5) is 5.87. The van der Waals surface area contributed by atoms with Gasteiger partial charge in [0.15, 0.2) is 34.2 Å². The van der Waals surface area contributed by atoms with Crippen LogP contribution in [-0.2, 0) is 0 Å². The van der Waals surface area contributed by atoms with Crippen molar-refractivity contribution in [2.24, 2.45) is 5.10 Å². The number of para-hydroxylation sites is 2. The first kappa shape index (κ1) is 17.8. The Labute approximate surface area is 158 Å². The van der Waals surface area contributed by atoms with Gasteiger partial charge in [-0.05, 0) is 36.4 Å². The van der Waals surface area contributed by atoms with Crippen molar-refractivity contribution in [1.29, 1.82) is 0 Å². The third-order valence-corrected chi connectivity index (χ3v) is 4.22. The van der Waals surface area contributed by atoms with Crippen LogP contribution in [-0.4, -0.2) is 19.1 Å². The molecule has 8 heteroatoms. The molecule has 2 aliphatic rings. The number of fused-ring (bicyclic) bond motifs is 2. The van der Waals surface area contributed by atoms with E-state index in [9.17, 15) is 13.2 Å². The first-order valence-electron chi connectivity index (χ1n) is 8.39. The van der Waals surface area contributed by atoms with Gasteiger partial charge in [0, 0.05) is 19.8 Å². The van der Waals surface area contributed by atoms with Gasteiger partial charge < -0.3 is 9.32 Å². The molecule has 1 N–H and O–H groups in total. The predicted octanol–water partition coefficient (Wildman–Crippen LogP) is 4.34. The Morgan fingerprint density at radius 2 is 1.64 bits per heavy atom. The SMILES string of the molecule is CN(C)c1ccc(N/N=c2\c(F)c3oc4ccccc4nc-3c(F)c2F)cc1. The summed E-state index contributed by atoms with van der Waals surface area (Å²) < 4.78 is 49.1. The smallest absolute Gasteiger partial charge is 0.198 e. The molecule has 2 aromatic carbocycles. The summed E-state index contributed by atoms with van der Waals surface area (Å²) >= 11 is 0. The lowest BCUT2D eigenvalue weighted by molar-refractivity contribution is 0.456. The molecule has 0 aromatic heterocycles. The molecule has 0 radical (unpaired) electrons. The highest BCUT2D eigenvalue weighted by molar-refractivity contribution is 5.76. The maximum atomic E-state index is 14.8. The lowest BCUT2D eigenvalue weighted by Crippen LogP contribution is -2.21. The summed E-state index contributed by atoms with van der Waals surface area (Å²) in [5, 5.41) is 2.88. The Hall–Kier alpha value is -3.55. The summed E-state index contributed by atoms with van der Waals surface area (Å²) in [6, 6.07) is 13.4. The van der Waals surface area contributed by atoms with E-state index >= 15 is 0 Å². The highest BCUT2D eigenvalue weighted by Crippen LogP contribution is 2.29. The fourth-order valence-corrected chi connectivity index (χ4v) is 2.73. The van der Waals surface area contributed by atoms with E-state index in [1.807, 2.05) is 19.0 Å². The minimum Gasteiger partial charge on any atom is -0.450 e. The van der Waals surface area contributed by atoms with Crippen molar-refractivity contribution < 1.29 is 17.6 Å². The van der Waals surface area contributed by atoms with Gasteiger partial charge in [-0.15, -0.1) is 0 Å². The van der Waals surface area contributed by atoms with E-state index in [4.69, 9.17) is 4.42 Å². The van der Waals surface area contributed by atoms with Crippen molar-refractivity contribution in [3.63, 3.8) is 0 Å². The number of anilines is 2. The molecule has 0 spiro atoms. The predicted molar refractivity (Wildman–Crippen MR) is 100 cm³/mol. The molecule has 1 heterocycles. The van der Waals surface area contributed by atoms with Crippen molar-refractivity contribution in [2.45, 2.75) is 0 Å². The van der Waals surface area contributed by atoms with Crippen LogP contribution in [0.4, 0.5) is 24.5 Å². The summed E-state index contributed by atoms with van der Waals surface area (Å²) in [5.74, 6) is -4.40. The van der Waals surface area contributed by atoms with Crippen LogP contribution in [0.5, 0.6) is 0 Å². The average Bonchev–Trinajstić information content (AvgIpc) is 2.71. The molecule has 0 saturated heterocycles. The van der Waals surface area contributed by atoms with E-state index in [1.165, 1.54) is 0 Å². The normalized spacial score (nSPS) is 12.0. The number of hydrogen-bond acceptors (Lipinski definition) is 5. The van der Waals surface area contributed by atoms with Gasteiger partial charge in [-0.3, -0.25) is 5.43 Å². The fourth-order valence-electron chi connectivity index (χ4n) is 2.73. The molecule has 0 unspecified atom stereocenters. The van der Waals surface area contributed by atoms with Crippen LogP contribution in [0, 0.1) is 17.5 Å². The van der Waals surface area contributed by atoms with E-state index < -0.39 is 34.3 Å². The van der Waals surface area contributed by atoms with Crippen LogP contribution in [0.1, 0.15) is 0 Å². The molecule has 4 rings (SSSR count). The molecular formula is C20H15F3N4O. The number of benzene rings is 3. The largest absolute Gasteiger partial charge is 0.450 e. The zero-order valence-electron chi connectivity index (χ0n) is 15.0.